The summed E-state index contributed by atoms with van der Waals surface area (Å²) in [4.78, 5) is 16.2. The minimum Gasteiger partial charge on any atom is -0.450 e. The second-order valence-electron chi connectivity index (χ2n) is 10.7. The summed E-state index contributed by atoms with van der Waals surface area (Å²) < 4.78 is 89.2. The summed E-state index contributed by atoms with van der Waals surface area (Å²) in [6, 6.07) is 2.84. The van der Waals surface area contributed by atoms with Crippen molar-refractivity contribution in [2.75, 3.05) is 25.1 Å². The summed E-state index contributed by atoms with van der Waals surface area (Å²) in [7, 11) is -1.41. The third-order valence-electron chi connectivity index (χ3n) is 6.23. The maximum atomic E-state index is 14.9. The quantitative estimate of drug-likeness (QED) is 0.156. The Morgan fingerprint density at radius 1 is 1.23 bits per heavy atom. The molecule has 2 aromatic heterocycles. The number of hydrogen-bond acceptors (Lipinski definition) is 5. The number of halogens is 5. The second-order valence-corrected chi connectivity index (χ2v) is 16.3. The monoisotopic (exact) mass is 586 g/mol. The van der Waals surface area contributed by atoms with Gasteiger partial charge in [-0.2, -0.15) is 13.2 Å². The summed E-state index contributed by atoms with van der Waals surface area (Å²) in [6.45, 7) is 7.48. The molecule has 0 saturated carbocycles. The predicted molar refractivity (Wildman–Crippen MR) is 141 cm³/mol. The van der Waals surface area contributed by atoms with Crippen molar-refractivity contribution in [1.82, 2.24) is 14.9 Å². The van der Waals surface area contributed by atoms with E-state index in [-0.39, 0.29) is 30.7 Å². The highest BCUT2D eigenvalue weighted by Gasteiger charge is 2.37. The lowest BCUT2D eigenvalue weighted by Gasteiger charge is -2.15. The van der Waals surface area contributed by atoms with Crippen LogP contribution in [-0.2, 0) is 22.4 Å². The van der Waals surface area contributed by atoms with E-state index in [0.717, 1.165) is 43.3 Å². The van der Waals surface area contributed by atoms with Crippen molar-refractivity contribution in [3.8, 4) is 11.5 Å². The molecule has 1 aliphatic rings. The van der Waals surface area contributed by atoms with Gasteiger partial charge in [-0.1, -0.05) is 19.6 Å². The Balaban J connectivity index is 1.54. The zero-order chi connectivity index (χ0) is 29.1. The number of fused-ring (bicyclic) bond motifs is 1. The lowest BCUT2D eigenvalue weighted by atomic mass is 10.2. The van der Waals surface area contributed by atoms with Crippen LogP contribution in [0.2, 0.25) is 25.7 Å². The van der Waals surface area contributed by atoms with Gasteiger partial charge in [0.15, 0.2) is 17.4 Å². The Morgan fingerprint density at radius 2 is 1.95 bits per heavy atom. The standard InChI is InChI=1S/C26H31F5N4O4Si/c1-40(2,3)10-9-37-15-35-14-18(26(29,30)31)22-21(6-7-32-24(22)35)39-23-19(27)11-16(12-20(23)28)34-25(36)33-13-17-5-4-8-38-17/h6-7,11-12,14,17H,4-5,8-10,13,15H2,1-3H3,(H2,33,34,36)/t17-/m0/s1. The number of aromatic nitrogens is 2. The number of anilines is 1. The van der Waals surface area contributed by atoms with Gasteiger partial charge in [0.05, 0.1) is 17.1 Å². The minimum absolute atomic E-state index is 0.111. The molecule has 218 valence electrons. The number of carbonyl (C=O) groups excluding carboxylic acids is 1. The Hall–Kier alpha value is -3.23. The molecule has 4 rings (SSSR count). The minimum atomic E-state index is -4.80. The van der Waals surface area contributed by atoms with Crippen LogP contribution in [0.15, 0.2) is 30.6 Å². The number of benzene rings is 1. The molecule has 0 spiro atoms. The van der Waals surface area contributed by atoms with Crippen molar-refractivity contribution in [3.63, 3.8) is 0 Å². The zero-order valence-electron chi connectivity index (χ0n) is 22.3. The summed E-state index contributed by atoms with van der Waals surface area (Å²) in [6.07, 6.45) is -1.22. The second kappa shape index (κ2) is 12.1. The molecule has 1 atom stereocenters. The van der Waals surface area contributed by atoms with Crippen LogP contribution in [0, 0.1) is 11.6 Å². The van der Waals surface area contributed by atoms with E-state index in [9.17, 15) is 26.7 Å². The fourth-order valence-electron chi connectivity index (χ4n) is 4.15. The SMILES string of the molecule is C[Si](C)(C)CCOCn1cc(C(F)(F)F)c2c(Oc3c(F)cc(NC(=O)NC[C@@H]4CCCO4)cc3F)ccnc21. The molecule has 3 aromatic rings. The number of hydrogen-bond donors (Lipinski definition) is 2. The average Bonchev–Trinajstić information content (AvgIpc) is 3.51. The summed E-state index contributed by atoms with van der Waals surface area (Å²) in [5.74, 6) is -3.81. The van der Waals surface area contributed by atoms with Gasteiger partial charge in [0.2, 0.25) is 0 Å². The van der Waals surface area contributed by atoms with Gasteiger partial charge in [-0.05, 0) is 25.0 Å². The Kier molecular flexibility index (Phi) is 9.00. The molecule has 1 saturated heterocycles. The molecule has 0 radical (unpaired) electrons. The van der Waals surface area contributed by atoms with Gasteiger partial charge in [0, 0.05) is 58.0 Å². The first kappa shape index (κ1) is 29.7. The summed E-state index contributed by atoms with van der Waals surface area (Å²) >= 11 is 0. The smallest absolute Gasteiger partial charge is 0.418 e. The number of pyridine rings is 1. The van der Waals surface area contributed by atoms with Gasteiger partial charge in [-0.25, -0.2) is 18.6 Å². The average molecular weight is 587 g/mol. The lowest BCUT2D eigenvalue weighted by molar-refractivity contribution is -0.136. The molecular formula is C26H31F5N4O4Si. The molecule has 0 unspecified atom stereocenters. The van der Waals surface area contributed by atoms with Gasteiger partial charge in [-0.15, -0.1) is 0 Å². The van der Waals surface area contributed by atoms with Crippen molar-refractivity contribution in [2.24, 2.45) is 0 Å². The third-order valence-corrected chi connectivity index (χ3v) is 7.94. The van der Waals surface area contributed by atoms with E-state index in [0.29, 0.717) is 13.2 Å². The van der Waals surface area contributed by atoms with Gasteiger partial charge in [0.1, 0.15) is 18.1 Å². The Labute approximate surface area is 228 Å². The highest BCUT2D eigenvalue weighted by molar-refractivity contribution is 6.76. The molecule has 1 aromatic carbocycles. The normalized spacial score (nSPS) is 15.9. The van der Waals surface area contributed by atoms with Crippen molar-refractivity contribution in [3.05, 3.63) is 47.8 Å². The molecule has 0 aliphatic carbocycles. The molecule has 0 bridgehead atoms. The number of nitrogens with zero attached hydrogens (tertiary/aromatic N) is 2. The molecule has 2 amide bonds. The first-order chi connectivity index (χ1) is 18.8. The number of nitrogens with one attached hydrogen (secondary N) is 2. The fourth-order valence-corrected chi connectivity index (χ4v) is 4.91. The van der Waals surface area contributed by atoms with Crippen LogP contribution < -0.4 is 15.4 Å². The van der Waals surface area contributed by atoms with Crippen LogP contribution in [0.5, 0.6) is 11.5 Å². The van der Waals surface area contributed by atoms with Gasteiger partial charge in [0.25, 0.3) is 0 Å². The highest BCUT2D eigenvalue weighted by atomic mass is 28.3. The topological polar surface area (TPSA) is 86.6 Å². The van der Waals surface area contributed by atoms with E-state index in [1.54, 1.807) is 0 Å². The number of urea groups is 1. The van der Waals surface area contributed by atoms with Gasteiger partial charge >= 0.3 is 12.2 Å². The molecule has 1 fully saturated rings. The number of carbonyl (C=O) groups is 1. The number of ether oxygens (including phenoxy) is 3. The fraction of sp³-hybridized carbons (Fsp3) is 0.462. The number of rotatable bonds is 10. The Morgan fingerprint density at radius 3 is 2.58 bits per heavy atom. The highest BCUT2D eigenvalue weighted by Crippen LogP contribution is 2.42. The van der Waals surface area contributed by atoms with E-state index < -0.39 is 54.4 Å². The van der Waals surface area contributed by atoms with Crippen LogP contribution in [0.25, 0.3) is 11.0 Å². The number of alkyl halides is 3. The van der Waals surface area contributed by atoms with Crippen molar-refractivity contribution in [2.45, 2.75) is 57.5 Å². The molecule has 8 nitrogen and oxygen atoms in total. The summed E-state index contributed by atoms with van der Waals surface area (Å²) in [5.41, 5.74) is -1.40. The maximum absolute atomic E-state index is 14.9. The predicted octanol–water partition coefficient (Wildman–Crippen LogP) is 6.74. The van der Waals surface area contributed by atoms with Crippen LogP contribution in [0.3, 0.4) is 0 Å². The molecular weight excluding hydrogens is 555 g/mol. The summed E-state index contributed by atoms with van der Waals surface area (Å²) in [5, 5.41) is 4.42. The van der Waals surface area contributed by atoms with Crippen molar-refractivity contribution < 1.29 is 41.0 Å². The van der Waals surface area contributed by atoms with Gasteiger partial charge < -0.3 is 29.4 Å². The van der Waals surface area contributed by atoms with Crippen LogP contribution >= 0.6 is 0 Å². The van der Waals surface area contributed by atoms with Crippen LogP contribution in [0.1, 0.15) is 18.4 Å². The van der Waals surface area contributed by atoms with E-state index in [2.05, 4.69) is 35.3 Å². The van der Waals surface area contributed by atoms with Crippen LogP contribution in [0.4, 0.5) is 32.4 Å². The van der Waals surface area contributed by atoms with E-state index in [4.69, 9.17) is 14.2 Å². The van der Waals surface area contributed by atoms with Crippen molar-refractivity contribution >= 4 is 30.8 Å². The van der Waals surface area contributed by atoms with E-state index in [1.165, 1.54) is 10.8 Å². The lowest BCUT2D eigenvalue weighted by Crippen LogP contribution is -2.35. The maximum Gasteiger partial charge on any atom is 0.418 e. The molecule has 2 N–H and O–H groups in total. The third kappa shape index (κ3) is 7.49. The molecule has 1 aliphatic heterocycles. The largest absolute Gasteiger partial charge is 0.450 e. The first-order valence-electron chi connectivity index (χ1n) is 12.8. The Bertz CT molecular complexity index is 1330. The molecule has 40 heavy (non-hydrogen) atoms. The van der Waals surface area contributed by atoms with Crippen molar-refractivity contribution in [1.29, 1.82) is 0 Å². The van der Waals surface area contributed by atoms with E-state index >= 15 is 0 Å². The molecule has 14 heteroatoms. The van der Waals surface area contributed by atoms with E-state index in [1.807, 2.05) is 0 Å². The zero-order valence-corrected chi connectivity index (χ0v) is 23.3. The van der Waals surface area contributed by atoms with Crippen LogP contribution in [-0.4, -0.2) is 49.5 Å². The molecule has 3 heterocycles. The van der Waals surface area contributed by atoms with Gasteiger partial charge in [-0.3, -0.25) is 0 Å². The number of amides is 2. The first-order valence-corrected chi connectivity index (χ1v) is 16.5.